The van der Waals surface area contributed by atoms with E-state index in [4.69, 9.17) is 0 Å². The van der Waals surface area contributed by atoms with Crippen molar-refractivity contribution in [1.82, 2.24) is 0 Å². The van der Waals surface area contributed by atoms with Gasteiger partial charge in [0.1, 0.15) is 0 Å². The Labute approximate surface area is 48.2 Å². The molecule has 0 spiro atoms. The summed E-state index contributed by atoms with van der Waals surface area (Å²) in [4.78, 5) is 9.35. The lowest BCUT2D eigenvalue weighted by atomic mass is 10.3. The molecule has 0 aromatic heterocycles. The molecule has 0 atom stereocenters. The molecule has 0 aliphatic rings. The van der Waals surface area contributed by atoms with E-state index in [1.807, 2.05) is 6.92 Å². The molecule has 0 fully saturated rings. The zero-order valence-corrected chi connectivity index (χ0v) is 4.89. The van der Waals surface area contributed by atoms with Gasteiger partial charge in [-0.1, -0.05) is 6.92 Å². The van der Waals surface area contributed by atoms with Crippen LogP contribution in [-0.4, -0.2) is 4.92 Å². The normalized spacial score (nSPS) is 8.62. The predicted octanol–water partition coefficient (Wildman–Crippen LogP) is 1.58. The predicted molar refractivity (Wildman–Crippen MR) is 31.0 cm³/mol. The Morgan fingerprint density at radius 1 is 1.88 bits per heavy atom. The van der Waals surface area contributed by atoms with Gasteiger partial charge in [-0.05, 0) is 13.0 Å². The van der Waals surface area contributed by atoms with Crippen LogP contribution in [0.3, 0.4) is 0 Å². The molecule has 0 heterocycles. The highest BCUT2D eigenvalue weighted by molar-refractivity contribution is 4.78. The largest absolute Gasteiger partial charge is 0.259 e. The fourth-order valence-corrected chi connectivity index (χ4v) is 0.380. The maximum absolute atomic E-state index is 9.80. The molecule has 0 aromatic carbocycles. The highest BCUT2D eigenvalue weighted by atomic mass is 16.6. The van der Waals surface area contributed by atoms with E-state index >= 15 is 0 Å². The lowest BCUT2D eigenvalue weighted by Crippen LogP contribution is -1.94. The molecule has 46 valence electrons. The number of allylic oxidation sites excluding steroid dienone is 1. The summed E-state index contributed by atoms with van der Waals surface area (Å²) in [5.74, 6) is 0. The molecule has 0 aliphatic heterocycles. The van der Waals surface area contributed by atoms with Gasteiger partial charge in [0.2, 0.25) is 5.70 Å². The summed E-state index contributed by atoms with van der Waals surface area (Å²) in [6.07, 6.45) is 1.28. The molecule has 3 nitrogen and oxygen atoms in total. The summed E-state index contributed by atoms with van der Waals surface area (Å²) in [6, 6.07) is 0. The van der Waals surface area contributed by atoms with Crippen LogP contribution < -0.4 is 0 Å². The van der Waals surface area contributed by atoms with Crippen LogP contribution in [0.1, 0.15) is 19.8 Å². The monoisotopic (exact) mass is 115 g/mol. The molecule has 0 unspecified atom stereocenters. The van der Waals surface area contributed by atoms with E-state index in [0.29, 0.717) is 6.42 Å². The summed E-state index contributed by atoms with van der Waals surface area (Å²) in [5, 5.41) is 9.80. The minimum atomic E-state index is -0.441. The summed E-state index contributed by atoms with van der Waals surface area (Å²) < 4.78 is 0. The van der Waals surface area contributed by atoms with Gasteiger partial charge in [0, 0.05) is 6.42 Å². The van der Waals surface area contributed by atoms with Gasteiger partial charge in [0.15, 0.2) is 0 Å². The zero-order valence-electron chi connectivity index (χ0n) is 4.89. The van der Waals surface area contributed by atoms with E-state index in [2.05, 4.69) is 6.58 Å². The van der Waals surface area contributed by atoms with Crippen LogP contribution in [-0.2, 0) is 0 Å². The van der Waals surface area contributed by atoms with E-state index in [1.54, 1.807) is 0 Å². The first-order valence-electron chi connectivity index (χ1n) is 2.50. The second kappa shape index (κ2) is 3.18. The van der Waals surface area contributed by atoms with Crippen LogP contribution in [0.5, 0.6) is 0 Å². The van der Waals surface area contributed by atoms with Crippen LogP contribution in [0.15, 0.2) is 12.3 Å². The van der Waals surface area contributed by atoms with E-state index in [-0.39, 0.29) is 5.70 Å². The van der Waals surface area contributed by atoms with Gasteiger partial charge in [-0.15, -0.1) is 0 Å². The van der Waals surface area contributed by atoms with Gasteiger partial charge >= 0.3 is 0 Å². The molecule has 0 saturated heterocycles. The third-order valence-corrected chi connectivity index (χ3v) is 0.797. The lowest BCUT2D eigenvalue weighted by Gasteiger charge is -1.88. The average Bonchev–Trinajstić information content (AvgIpc) is 1.67. The Balaban J connectivity index is 3.49. The zero-order chi connectivity index (χ0) is 6.57. The lowest BCUT2D eigenvalue weighted by molar-refractivity contribution is -0.427. The van der Waals surface area contributed by atoms with Crippen molar-refractivity contribution in [2.75, 3.05) is 0 Å². The maximum Gasteiger partial charge on any atom is 0.239 e. The van der Waals surface area contributed by atoms with Gasteiger partial charge in [-0.25, -0.2) is 0 Å². The molecule has 0 bridgehead atoms. The van der Waals surface area contributed by atoms with E-state index in [1.165, 1.54) is 0 Å². The molecule has 0 amide bonds. The highest BCUT2D eigenvalue weighted by Crippen LogP contribution is 1.99. The third kappa shape index (κ3) is 2.34. The smallest absolute Gasteiger partial charge is 0.239 e. The quantitative estimate of drug-likeness (QED) is 0.414. The Kier molecular flexibility index (Phi) is 2.84. The number of rotatable bonds is 3. The first-order valence-corrected chi connectivity index (χ1v) is 2.50. The van der Waals surface area contributed by atoms with Gasteiger partial charge < -0.3 is 0 Å². The van der Waals surface area contributed by atoms with Crippen molar-refractivity contribution in [2.24, 2.45) is 0 Å². The summed E-state index contributed by atoms with van der Waals surface area (Å²) in [7, 11) is 0. The van der Waals surface area contributed by atoms with Crippen molar-refractivity contribution in [1.29, 1.82) is 0 Å². The van der Waals surface area contributed by atoms with Crippen molar-refractivity contribution in [3.63, 3.8) is 0 Å². The fraction of sp³-hybridized carbons (Fsp3) is 0.600. The molecular formula is C5H9NO2. The molecule has 0 N–H and O–H groups in total. The Hall–Kier alpha value is -0.860. The van der Waals surface area contributed by atoms with E-state index in [9.17, 15) is 10.1 Å². The van der Waals surface area contributed by atoms with Crippen molar-refractivity contribution in [3.8, 4) is 0 Å². The second-order valence-electron chi connectivity index (χ2n) is 1.57. The van der Waals surface area contributed by atoms with Gasteiger partial charge in [0.05, 0.1) is 4.92 Å². The molecular weight excluding hydrogens is 106 g/mol. The molecule has 0 aliphatic carbocycles. The maximum atomic E-state index is 9.80. The molecule has 0 aromatic rings. The van der Waals surface area contributed by atoms with Crippen LogP contribution in [0, 0.1) is 10.1 Å². The summed E-state index contributed by atoms with van der Waals surface area (Å²) >= 11 is 0. The molecule has 0 radical (unpaired) electrons. The van der Waals surface area contributed by atoms with Crippen LogP contribution in [0.25, 0.3) is 0 Å². The van der Waals surface area contributed by atoms with Gasteiger partial charge in [-0.2, -0.15) is 0 Å². The minimum Gasteiger partial charge on any atom is -0.259 e. The van der Waals surface area contributed by atoms with Gasteiger partial charge in [-0.3, -0.25) is 10.1 Å². The third-order valence-electron chi connectivity index (χ3n) is 0.797. The topological polar surface area (TPSA) is 43.1 Å². The van der Waals surface area contributed by atoms with Crippen molar-refractivity contribution in [3.05, 3.63) is 22.4 Å². The molecule has 3 heteroatoms. The Morgan fingerprint density at radius 3 is 2.50 bits per heavy atom. The van der Waals surface area contributed by atoms with E-state index < -0.39 is 4.92 Å². The van der Waals surface area contributed by atoms with Crippen LogP contribution >= 0.6 is 0 Å². The molecule has 0 saturated carbocycles. The molecule has 8 heavy (non-hydrogen) atoms. The Bertz CT molecular complexity index is 109. The van der Waals surface area contributed by atoms with Crippen LogP contribution in [0.4, 0.5) is 0 Å². The standard InChI is InChI=1S/C5H9NO2/c1-3-4-5(2)6(7)8/h2-4H2,1H3. The fourth-order valence-electron chi connectivity index (χ4n) is 0.380. The molecule has 0 rings (SSSR count). The van der Waals surface area contributed by atoms with Crippen molar-refractivity contribution >= 4 is 0 Å². The van der Waals surface area contributed by atoms with Crippen molar-refractivity contribution in [2.45, 2.75) is 19.8 Å². The van der Waals surface area contributed by atoms with Gasteiger partial charge in [0.25, 0.3) is 0 Å². The first-order chi connectivity index (χ1) is 3.68. The minimum absolute atomic E-state index is 0.104. The SMILES string of the molecule is C=C(CCC)[N+](=O)[O-]. The summed E-state index contributed by atoms with van der Waals surface area (Å²) in [6.45, 7) is 5.13. The average molecular weight is 115 g/mol. The first kappa shape index (κ1) is 7.14. The highest BCUT2D eigenvalue weighted by Gasteiger charge is 2.01. The Morgan fingerprint density at radius 2 is 2.38 bits per heavy atom. The van der Waals surface area contributed by atoms with E-state index in [0.717, 1.165) is 6.42 Å². The van der Waals surface area contributed by atoms with Crippen molar-refractivity contribution < 1.29 is 4.92 Å². The number of nitro groups is 1. The van der Waals surface area contributed by atoms with Crippen LogP contribution in [0.2, 0.25) is 0 Å². The summed E-state index contributed by atoms with van der Waals surface area (Å²) in [5.41, 5.74) is 0.104. The number of nitrogens with zero attached hydrogens (tertiary/aromatic N) is 1. The number of hydrogen-bond donors (Lipinski definition) is 0. The number of hydrogen-bond acceptors (Lipinski definition) is 2. The second-order valence-corrected chi connectivity index (χ2v) is 1.57.